The summed E-state index contributed by atoms with van der Waals surface area (Å²) in [4.78, 5) is 36.2. The highest BCUT2D eigenvalue weighted by molar-refractivity contribution is 5.94. The van der Waals surface area contributed by atoms with Crippen molar-refractivity contribution in [2.24, 2.45) is 0 Å². The van der Waals surface area contributed by atoms with Gasteiger partial charge < -0.3 is 14.5 Å². The van der Waals surface area contributed by atoms with E-state index < -0.39 is 23.5 Å². The van der Waals surface area contributed by atoms with Crippen molar-refractivity contribution in [3.8, 4) is 0 Å². The molecular formula is C24H23NO5. The van der Waals surface area contributed by atoms with Crippen LogP contribution in [0.5, 0.6) is 0 Å². The summed E-state index contributed by atoms with van der Waals surface area (Å²) in [7, 11) is 0. The minimum Gasteiger partial charge on any atom is -0.459 e. The lowest BCUT2D eigenvalue weighted by Crippen LogP contribution is -2.38. The van der Waals surface area contributed by atoms with Crippen molar-refractivity contribution in [1.29, 1.82) is 0 Å². The lowest BCUT2D eigenvalue weighted by Gasteiger charge is -2.13. The number of nitrogens with one attached hydrogen (secondary N) is 1. The number of rotatable bonds is 6. The maximum atomic E-state index is 12.3. The molecule has 30 heavy (non-hydrogen) atoms. The van der Waals surface area contributed by atoms with Gasteiger partial charge in [0, 0.05) is 23.1 Å². The van der Waals surface area contributed by atoms with Crippen LogP contribution in [0.25, 0.3) is 17.0 Å². The molecule has 3 rings (SSSR count). The largest absolute Gasteiger partial charge is 0.459 e. The van der Waals surface area contributed by atoms with Gasteiger partial charge >= 0.3 is 11.6 Å². The number of ether oxygens (including phenoxy) is 1. The third kappa shape index (κ3) is 5.03. The van der Waals surface area contributed by atoms with E-state index in [1.807, 2.05) is 56.3 Å². The van der Waals surface area contributed by atoms with E-state index in [9.17, 15) is 14.4 Å². The molecule has 0 bridgehead atoms. The zero-order chi connectivity index (χ0) is 21.7. The van der Waals surface area contributed by atoms with Gasteiger partial charge in [-0.15, -0.1) is 0 Å². The van der Waals surface area contributed by atoms with Gasteiger partial charge in [-0.3, -0.25) is 4.79 Å². The highest BCUT2D eigenvalue weighted by Crippen LogP contribution is 2.23. The van der Waals surface area contributed by atoms with Gasteiger partial charge in [0.05, 0.1) is 0 Å². The molecule has 0 aliphatic carbocycles. The number of carbonyl (C=O) groups excluding carboxylic acids is 2. The van der Waals surface area contributed by atoms with Crippen LogP contribution in [-0.2, 0) is 20.9 Å². The van der Waals surface area contributed by atoms with Crippen LogP contribution in [0.1, 0.15) is 29.2 Å². The molecule has 154 valence electrons. The molecule has 6 heteroatoms. The van der Waals surface area contributed by atoms with Crippen molar-refractivity contribution in [3.05, 3.63) is 87.3 Å². The lowest BCUT2D eigenvalue weighted by atomic mass is 10.0. The van der Waals surface area contributed by atoms with Crippen LogP contribution in [0.15, 0.2) is 63.8 Å². The van der Waals surface area contributed by atoms with Gasteiger partial charge in [-0.05, 0) is 43.5 Å². The number of carbonyl (C=O) groups is 2. The average Bonchev–Trinajstić information content (AvgIpc) is 2.74. The fraction of sp³-hybridized carbons (Fsp3) is 0.208. The summed E-state index contributed by atoms with van der Waals surface area (Å²) in [5.74, 6) is -0.998. The lowest BCUT2D eigenvalue weighted by molar-refractivity contribution is -0.148. The number of hydrogen-bond donors (Lipinski definition) is 1. The Hall–Kier alpha value is -3.67. The number of hydrogen-bond acceptors (Lipinski definition) is 5. The summed E-state index contributed by atoms with van der Waals surface area (Å²) >= 11 is 0. The number of fused-ring (bicyclic) bond motifs is 1. The molecule has 1 amide bonds. The number of esters is 1. The van der Waals surface area contributed by atoms with E-state index >= 15 is 0 Å². The molecule has 0 fully saturated rings. The Labute approximate surface area is 174 Å². The smallest absolute Gasteiger partial charge is 0.336 e. The van der Waals surface area contributed by atoms with Gasteiger partial charge in [0.1, 0.15) is 18.2 Å². The summed E-state index contributed by atoms with van der Waals surface area (Å²) in [6.45, 7) is 5.25. The van der Waals surface area contributed by atoms with Gasteiger partial charge in [-0.2, -0.15) is 0 Å². The van der Waals surface area contributed by atoms with Crippen molar-refractivity contribution in [2.45, 2.75) is 33.4 Å². The van der Waals surface area contributed by atoms with Gasteiger partial charge in [-0.1, -0.05) is 42.5 Å². The number of benzene rings is 2. The first-order chi connectivity index (χ1) is 14.3. The molecule has 6 nitrogen and oxygen atoms in total. The van der Waals surface area contributed by atoms with Crippen molar-refractivity contribution in [2.75, 3.05) is 0 Å². The molecular weight excluding hydrogens is 382 g/mol. The van der Waals surface area contributed by atoms with Crippen LogP contribution in [0.4, 0.5) is 0 Å². The predicted octanol–water partition coefficient (Wildman–Crippen LogP) is 3.67. The average molecular weight is 405 g/mol. The number of amides is 1. The Morgan fingerprint density at radius 2 is 1.87 bits per heavy atom. The van der Waals surface area contributed by atoms with Crippen LogP contribution in [0.3, 0.4) is 0 Å². The van der Waals surface area contributed by atoms with Crippen LogP contribution in [0, 0.1) is 13.8 Å². The molecule has 2 aromatic carbocycles. The Morgan fingerprint density at radius 1 is 1.13 bits per heavy atom. The van der Waals surface area contributed by atoms with Crippen LogP contribution in [-0.4, -0.2) is 17.9 Å². The SMILES string of the molecule is Cc1ccc2c(COC(=O)[C@H](C)NC(=O)/C=C/c3ccccc3)cc(=O)oc2c1C. The minimum absolute atomic E-state index is 0.0938. The first kappa shape index (κ1) is 21.0. The summed E-state index contributed by atoms with van der Waals surface area (Å²) in [6, 6.07) is 13.6. The summed E-state index contributed by atoms with van der Waals surface area (Å²) in [5.41, 5.74) is 3.28. The zero-order valence-corrected chi connectivity index (χ0v) is 17.1. The molecule has 0 spiro atoms. The highest BCUT2D eigenvalue weighted by atomic mass is 16.5. The van der Waals surface area contributed by atoms with Crippen molar-refractivity contribution in [3.63, 3.8) is 0 Å². The van der Waals surface area contributed by atoms with Crippen molar-refractivity contribution in [1.82, 2.24) is 5.32 Å². The second kappa shape index (κ2) is 9.22. The molecule has 0 unspecified atom stereocenters. The second-order valence-electron chi connectivity index (χ2n) is 7.06. The summed E-state index contributed by atoms with van der Waals surface area (Å²) in [6.07, 6.45) is 3.02. The second-order valence-corrected chi connectivity index (χ2v) is 7.06. The fourth-order valence-electron chi connectivity index (χ4n) is 2.97. The van der Waals surface area contributed by atoms with E-state index in [2.05, 4.69) is 5.32 Å². The first-order valence-corrected chi connectivity index (χ1v) is 9.58. The molecule has 0 radical (unpaired) electrons. The van der Waals surface area contributed by atoms with E-state index in [1.165, 1.54) is 12.1 Å². The molecule has 0 saturated heterocycles. The molecule has 3 aromatic rings. The topological polar surface area (TPSA) is 85.6 Å². The normalized spacial score (nSPS) is 12.1. The van der Waals surface area contributed by atoms with Gasteiger partial charge in [-0.25, -0.2) is 9.59 Å². The monoisotopic (exact) mass is 405 g/mol. The molecule has 1 heterocycles. The van der Waals surface area contributed by atoms with Crippen molar-refractivity contribution >= 4 is 28.9 Å². The third-order valence-corrected chi connectivity index (χ3v) is 4.83. The minimum atomic E-state index is -0.840. The predicted molar refractivity (Wildman–Crippen MR) is 115 cm³/mol. The van der Waals surface area contributed by atoms with Gasteiger partial charge in [0.15, 0.2) is 0 Å². The van der Waals surface area contributed by atoms with Gasteiger partial charge in [0.25, 0.3) is 0 Å². The van der Waals surface area contributed by atoms with E-state index in [4.69, 9.17) is 9.15 Å². The van der Waals surface area contributed by atoms with Crippen LogP contribution >= 0.6 is 0 Å². The summed E-state index contributed by atoms with van der Waals surface area (Å²) < 4.78 is 10.7. The first-order valence-electron chi connectivity index (χ1n) is 9.58. The van der Waals surface area contributed by atoms with Crippen molar-refractivity contribution < 1.29 is 18.7 Å². The molecule has 0 saturated carbocycles. The zero-order valence-electron chi connectivity index (χ0n) is 17.1. The Morgan fingerprint density at radius 3 is 2.60 bits per heavy atom. The molecule has 1 aromatic heterocycles. The van der Waals surface area contributed by atoms with E-state index in [0.717, 1.165) is 16.7 Å². The maximum Gasteiger partial charge on any atom is 0.336 e. The van der Waals surface area contributed by atoms with Crippen LogP contribution in [0.2, 0.25) is 0 Å². The highest BCUT2D eigenvalue weighted by Gasteiger charge is 2.17. The standard InChI is InChI=1S/C24H23NO5/c1-15-9-11-20-19(13-22(27)30-23(20)16(15)2)14-29-24(28)17(3)25-21(26)12-10-18-7-5-4-6-8-18/h4-13,17H,14H2,1-3H3,(H,25,26)/b12-10+/t17-/m0/s1. The quantitative estimate of drug-likeness (QED) is 0.384. The van der Waals surface area contributed by atoms with E-state index in [1.54, 1.807) is 13.0 Å². The Kier molecular flexibility index (Phi) is 6.47. The third-order valence-electron chi connectivity index (χ3n) is 4.83. The molecule has 1 N–H and O–H groups in total. The van der Waals surface area contributed by atoms with Crippen LogP contribution < -0.4 is 10.9 Å². The molecule has 1 atom stereocenters. The molecule has 0 aliphatic rings. The Balaban J connectivity index is 1.64. The fourth-order valence-corrected chi connectivity index (χ4v) is 2.97. The summed E-state index contributed by atoms with van der Waals surface area (Å²) in [5, 5.41) is 3.29. The maximum absolute atomic E-state index is 12.3. The number of aryl methyl sites for hydroxylation is 2. The van der Waals surface area contributed by atoms with Gasteiger partial charge in [0.2, 0.25) is 5.91 Å². The van der Waals surface area contributed by atoms with E-state index in [-0.39, 0.29) is 6.61 Å². The molecule has 0 aliphatic heterocycles. The van der Waals surface area contributed by atoms with E-state index in [0.29, 0.717) is 16.5 Å². The Bertz CT molecular complexity index is 1160.